The summed E-state index contributed by atoms with van der Waals surface area (Å²) in [5.41, 5.74) is 1.15. The maximum absolute atomic E-state index is 10.4. The molecule has 0 aliphatic heterocycles. The minimum absolute atomic E-state index is 0.0582. The third-order valence-electron chi connectivity index (χ3n) is 2.35. The number of carboxylic acids is 1. The van der Waals surface area contributed by atoms with E-state index >= 15 is 0 Å². The number of hydrogen-bond acceptors (Lipinski definition) is 3. The van der Waals surface area contributed by atoms with Crippen molar-refractivity contribution in [2.75, 3.05) is 0 Å². The van der Waals surface area contributed by atoms with Gasteiger partial charge in [0.05, 0.1) is 6.42 Å². The van der Waals surface area contributed by atoms with Gasteiger partial charge in [0.2, 0.25) is 0 Å². The summed E-state index contributed by atoms with van der Waals surface area (Å²) in [4.78, 5) is 14.7. The normalized spacial score (nSPS) is 10.4. The van der Waals surface area contributed by atoms with Crippen LogP contribution in [-0.2, 0) is 17.6 Å². The predicted octanol–water partition coefficient (Wildman–Crippen LogP) is 1.41. The first-order valence-corrected chi connectivity index (χ1v) is 5.40. The summed E-state index contributed by atoms with van der Waals surface area (Å²) < 4.78 is 0. The van der Waals surface area contributed by atoms with Crippen LogP contribution >= 0.6 is 0 Å². The van der Waals surface area contributed by atoms with Gasteiger partial charge in [-0.2, -0.15) is 5.10 Å². The van der Waals surface area contributed by atoms with E-state index in [0.29, 0.717) is 18.7 Å². The number of benzene rings is 1. The van der Waals surface area contributed by atoms with E-state index in [4.69, 9.17) is 5.11 Å². The Kier molecular flexibility index (Phi) is 3.49. The fourth-order valence-electron chi connectivity index (χ4n) is 1.53. The molecule has 0 radical (unpaired) electrons. The van der Waals surface area contributed by atoms with E-state index in [0.717, 1.165) is 11.4 Å². The van der Waals surface area contributed by atoms with E-state index in [1.807, 2.05) is 30.3 Å². The average molecular weight is 231 g/mol. The molecule has 0 atom stereocenters. The highest BCUT2D eigenvalue weighted by Crippen LogP contribution is 2.05. The van der Waals surface area contributed by atoms with Crippen molar-refractivity contribution < 1.29 is 9.90 Å². The number of aliphatic carboxylic acids is 1. The van der Waals surface area contributed by atoms with Gasteiger partial charge in [0.25, 0.3) is 0 Å². The van der Waals surface area contributed by atoms with Gasteiger partial charge < -0.3 is 5.11 Å². The number of hydrogen-bond donors (Lipinski definition) is 2. The van der Waals surface area contributed by atoms with Crippen molar-refractivity contribution in [2.24, 2.45) is 0 Å². The molecular weight excluding hydrogens is 218 g/mol. The minimum atomic E-state index is -0.834. The predicted molar refractivity (Wildman–Crippen MR) is 61.6 cm³/mol. The highest BCUT2D eigenvalue weighted by Gasteiger charge is 2.06. The topological polar surface area (TPSA) is 78.9 Å². The number of H-pyrrole nitrogens is 1. The number of carbonyl (C=O) groups is 1. The molecule has 0 bridgehead atoms. The van der Waals surface area contributed by atoms with Gasteiger partial charge >= 0.3 is 5.97 Å². The summed E-state index contributed by atoms with van der Waals surface area (Å²) in [5, 5.41) is 15.4. The Bertz CT molecular complexity index is 493. The zero-order valence-corrected chi connectivity index (χ0v) is 9.26. The SMILES string of the molecule is O=C(O)CCc1n[nH]c(Cc2ccccc2)n1. The Morgan fingerprint density at radius 2 is 2.06 bits per heavy atom. The molecular formula is C12H13N3O2. The van der Waals surface area contributed by atoms with Gasteiger partial charge in [-0.25, -0.2) is 4.98 Å². The van der Waals surface area contributed by atoms with E-state index in [1.165, 1.54) is 0 Å². The quantitative estimate of drug-likeness (QED) is 0.815. The lowest BCUT2D eigenvalue weighted by molar-refractivity contribution is -0.137. The third-order valence-corrected chi connectivity index (χ3v) is 2.35. The second-order valence-corrected chi connectivity index (χ2v) is 3.75. The first-order chi connectivity index (χ1) is 8.24. The molecule has 1 heterocycles. The smallest absolute Gasteiger partial charge is 0.303 e. The second kappa shape index (κ2) is 5.25. The molecule has 0 saturated heterocycles. The van der Waals surface area contributed by atoms with E-state index in [9.17, 15) is 4.79 Å². The molecule has 2 rings (SSSR count). The molecule has 5 nitrogen and oxygen atoms in total. The van der Waals surface area contributed by atoms with Crippen molar-refractivity contribution >= 4 is 5.97 Å². The molecule has 0 aliphatic carbocycles. The maximum atomic E-state index is 10.4. The van der Waals surface area contributed by atoms with Crippen molar-refractivity contribution in [1.82, 2.24) is 15.2 Å². The molecule has 1 aromatic carbocycles. The summed E-state index contributed by atoms with van der Waals surface area (Å²) in [6.45, 7) is 0. The van der Waals surface area contributed by atoms with Crippen LogP contribution in [0.4, 0.5) is 0 Å². The summed E-state index contributed by atoms with van der Waals surface area (Å²) in [6, 6.07) is 9.93. The van der Waals surface area contributed by atoms with Gasteiger partial charge in [0.15, 0.2) is 5.82 Å². The van der Waals surface area contributed by atoms with Crippen LogP contribution in [-0.4, -0.2) is 26.3 Å². The van der Waals surface area contributed by atoms with E-state index in [2.05, 4.69) is 15.2 Å². The molecule has 0 spiro atoms. The highest BCUT2D eigenvalue weighted by molar-refractivity contribution is 5.66. The zero-order chi connectivity index (χ0) is 12.1. The lowest BCUT2D eigenvalue weighted by atomic mass is 10.1. The summed E-state index contributed by atoms with van der Waals surface area (Å²) in [6.07, 6.45) is 1.10. The van der Waals surface area contributed by atoms with Gasteiger partial charge in [0, 0.05) is 12.8 Å². The van der Waals surface area contributed by atoms with Crippen molar-refractivity contribution in [2.45, 2.75) is 19.3 Å². The van der Waals surface area contributed by atoms with Gasteiger partial charge in [-0.15, -0.1) is 0 Å². The molecule has 1 aromatic heterocycles. The number of aryl methyl sites for hydroxylation is 1. The van der Waals surface area contributed by atoms with Crippen LogP contribution in [0.2, 0.25) is 0 Å². The molecule has 0 fully saturated rings. The van der Waals surface area contributed by atoms with Crippen molar-refractivity contribution in [3.05, 3.63) is 47.5 Å². The summed E-state index contributed by atoms with van der Waals surface area (Å²) in [7, 11) is 0. The van der Waals surface area contributed by atoms with E-state index < -0.39 is 5.97 Å². The lowest BCUT2D eigenvalue weighted by Gasteiger charge is -1.95. The Balaban J connectivity index is 1.97. The Labute approximate surface area is 98.5 Å². The lowest BCUT2D eigenvalue weighted by Crippen LogP contribution is -1.99. The third kappa shape index (κ3) is 3.41. The Morgan fingerprint density at radius 3 is 2.76 bits per heavy atom. The number of nitrogens with one attached hydrogen (secondary N) is 1. The van der Waals surface area contributed by atoms with Gasteiger partial charge in [-0.3, -0.25) is 9.89 Å². The number of aromatic nitrogens is 3. The minimum Gasteiger partial charge on any atom is -0.481 e. The molecule has 2 N–H and O–H groups in total. The molecule has 2 aromatic rings. The first kappa shape index (κ1) is 11.3. The fraction of sp³-hybridized carbons (Fsp3) is 0.250. The summed E-state index contributed by atoms with van der Waals surface area (Å²) >= 11 is 0. The van der Waals surface area contributed by atoms with Crippen LogP contribution < -0.4 is 0 Å². The fourth-order valence-corrected chi connectivity index (χ4v) is 1.53. The number of nitrogens with zero attached hydrogens (tertiary/aromatic N) is 2. The van der Waals surface area contributed by atoms with Crippen LogP contribution in [0.25, 0.3) is 0 Å². The highest BCUT2D eigenvalue weighted by atomic mass is 16.4. The molecule has 0 aliphatic rings. The average Bonchev–Trinajstić information content (AvgIpc) is 2.75. The zero-order valence-electron chi connectivity index (χ0n) is 9.26. The monoisotopic (exact) mass is 231 g/mol. The van der Waals surface area contributed by atoms with Crippen LogP contribution in [0, 0.1) is 0 Å². The number of rotatable bonds is 5. The van der Waals surface area contributed by atoms with Gasteiger partial charge in [-0.1, -0.05) is 30.3 Å². The second-order valence-electron chi connectivity index (χ2n) is 3.75. The van der Waals surface area contributed by atoms with Crippen LogP contribution in [0.5, 0.6) is 0 Å². The molecule has 0 unspecified atom stereocenters. The molecule has 0 saturated carbocycles. The number of aromatic amines is 1. The standard InChI is InChI=1S/C12H13N3O2/c16-12(17)7-6-10-13-11(15-14-10)8-9-4-2-1-3-5-9/h1-5H,6-8H2,(H,16,17)(H,13,14,15). The van der Waals surface area contributed by atoms with Gasteiger partial charge in [0.1, 0.15) is 5.82 Å². The van der Waals surface area contributed by atoms with Crippen molar-refractivity contribution in [3.63, 3.8) is 0 Å². The largest absolute Gasteiger partial charge is 0.481 e. The van der Waals surface area contributed by atoms with Crippen molar-refractivity contribution in [1.29, 1.82) is 0 Å². The summed E-state index contributed by atoms with van der Waals surface area (Å²) in [5.74, 6) is 0.481. The molecule has 0 amide bonds. The Hall–Kier alpha value is -2.17. The van der Waals surface area contributed by atoms with Crippen molar-refractivity contribution in [3.8, 4) is 0 Å². The molecule has 88 valence electrons. The Morgan fingerprint density at radius 1 is 1.29 bits per heavy atom. The van der Waals surface area contributed by atoms with E-state index in [-0.39, 0.29) is 6.42 Å². The first-order valence-electron chi connectivity index (χ1n) is 5.40. The van der Waals surface area contributed by atoms with E-state index in [1.54, 1.807) is 0 Å². The van der Waals surface area contributed by atoms with Crippen LogP contribution in [0.1, 0.15) is 23.6 Å². The van der Waals surface area contributed by atoms with Crippen LogP contribution in [0.3, 0.4) is 0 Å². The molecule has 17 heavy (non-hydrogen) atoms. The number of carboxylic acid groups (broad SMARTS) is 1. The van der Waals surface area contributed by atoms with Crippen LogP contribution in [0.15, 0.2) is 30.3 Å². The molecule has 5 heteroatoms. The maximum Gasteiger partial charge on any atom is 0.303 e. The van der Waals surface area contributed by atoms with Gasteiger partial charge in [-0.05, 0) is 5.56 Å².